The van der Waals surface area contributed by atoms with Crippen LogP contribution in [0.5, 0.6) is 0 Å². The first kappa shape index (κ1) is 18.8. The number of nitrogens with two attached hydrogens (primary N) is 1. The van der Waals surface area contributed by atoms with Gasteiger partial charge in [-0.25, -0.2) is 4.39 Å². The molecule has 1 fully saturated rings. The van der Waals surface area contributed by atoms with Gasteiger partial charge in [0.05, 0.1) is 5.92 Å². The Labute approximate surface area is 155 Å². The molecule has 0 saturated heterocycles. The topological polar surface area (TPSA) is 55.1 Å². The molecule has 3 N–H and O–H groups in total. The van der Waals surface area contributed by atoms with Crippen LogP contribution in [0.15, 0.2) is 60.1 Å². The number of carbonyl (C=O) groups is 1. The number of halogens is 1. The van der Waals surface area contributed by atoms with E-state index in [1.165, 1.54) is 17.7 Å². The number of amides is 1. The highest BCUT2D eigenvalue weighted by Gasteiger charge is 2.34. The molecule has 0 spiro atoms. The van der Waals surface area contributed by atoms with Gasteiger partial charge in [0.15, 0.2) is 0 Å². The Morgan fingerprint density at radius 1 is 1.46 bits per heavy atom. The molecule has 4 unspecified atom stereocenters. The van der Waals surface area contributed by atoms with E-state index in [0.29, 0.717) is 5.92 Å². The van der Waals surface area contributed by atoms with Crippen LogP contribution in [0.3, 0.4) is 0 Å². The molecule has 1 saturated carbocycles. The smallest absolute Gasteiger partial charge is 0.231 e. The lowest BCUT2D eigenvalue weighted by Crippen LogP contribution is -2.37. The zero-order valence-corrected chi connectivity index (χ0v) is 15.5. The third-order valence-corrected chi connectivity index (χ3v) is 5.81. The van der Waals surface area contributed by atoms with Gasteiger partial charge in [-0.3, -0.25) is 4.79 Å². The maximum atomic E-state index is 13.8. The molecule has 4 heteroatoms. The van der Waals surface area contributed by atoms with Gasteiger partial charge in [-0.15, -0.1) is 6.58 Å². The molecule has 0 radical (unpaired) electrons. The Kier molecular flexibility index (Phi) is 5.92. The Balaban J connectivity index is 1.71. The molecule has 0 bridgehead atoms. The van der Waals surface area contributed by atoms with E-state index in [1.54, 1.807) is 0 Å². The van der Waals surface area contributed by atoms with E-state index in [1.807, 2.05) is 18.2 Å². The Hall–Kier alpha value is -1.94. The fourth-order valence-corrected chi connectivity index (χ4v) is 4.48. The number of rotatable bonds is 6. The van der Waals surface area contributed by atoms with E-state index in [-0.39, 0.29) is 29.6 Å². The first-order valence-electron chi connectivity index (χ1n) is 9.66. The molecule has 0 aromatic carbocycles. The van der Waals surface area contributed by atoms with Gasteiger partial charge in [0.2, 0.25) is 5.91 Å². The zero-order valence-electron chi connectivity index (χ0n) is 15.5. The largest absolute Gasteiger partial charge is 0.329 e. The van der Waals surface area contributed by atoms with E-state index in [2.05, 4.69) is 24.9 Å². The van der Waals surface area contributed by atoms with Crippen molar-refractivity contribution >= 4 is 5.91 Å². The van der Waals surface area contributed by atoms with Crippen LogP contribution in [0.4, 0.5) is 4.39 Å². The predicted octanol–water partition coefficient (Wildman–Crippen LogP) is 4.31. The van der Waals surface area contributed by atoms with Crippen molar-refractivity contribution < 1.29 is 9.18 Å². The van der Waals surface area contributed by atoms with Crippen molar-refractivity contribution in [2.75, 3.05) is 0 Å². The second kappa shape index (κ2) is 8.17. The summed E-state index contributed by atoms with van der Waals surface area (Å²) < 4.78 is 13.8. The number of carbonyl (C=O) groups excluding carboxylic acids is 1. The third-order valence-electron chi connectivity index (χ3n) is 5.81. The summed E-state index contributed by atoms with van der Waals surface area (Å²) in [5.41, 5.74) is 8.34. The fourth-order valence-electron chi connectivity index (χ4n) is 4.48. The van der Waals surface area contributed by atoms with E-state index < -0.39 is 5.92 Å². The first-order valence-corrected chi connectivity index (χ1v) is 9.66. The highest BCUT2D eigenvalue weighted by molar-refractivity contribution is 5.83. The van der Waals surface area contributed by atoms with Crippen LogP contribution in [-0.2, 0) is 4.79 Å². The maximum Gasteiger partial charge on any atom is 0.231 e. The molecular formula is C22H29FN2O. The van der Waals surface area contributed by atoms with Gasteiger partial charge >= 0.3 is 0 Å². The highest BCUT2D eigenvalue weighted by atomic mass is 19.1. The minimum atomic E-state index is -0.508. The number of hydrogen-bond donors (Lipinski definition) is 2. The number of hydrogen-bond acceptors (Lipinski definition) is 2. The molecule has 3 aliphatic carbocycles. The summed E-state index contributed by atoms with van der Waals surface area (Å²) in [6.45, 7) is 6.02. The monoisotopic (exact) mass is 356 g/mol. The average molecular weight is 356 g/mol. The van der Waals surface area contributed by atoms with E-state index >= 15 is 0 Å². The molecule has 140 valence electrons. The van der Waals surface area contributed by atoms with Gasteiger partial charge in [0.25, 0.3) is 0 Å². The summed E-state index contributed by atoms with van der Waals surface area (Å²) in [6.07, 6.45) is 15.4. The molecule has 5 atom stereocenters. The maximum absolute atomic E-state index is 13.8. The zero-order chi connectivity index (χ0) is 18.7. The normalized spacial score (nSPS) is 31.4. The summed E-state index contributed by atoms with van der Waals surface area (Å²) >= 11 is 0. The molecule has 0 aromatic heterocycles. The van der Waals surface area contributed by atoms with E-state index in [0.717, 1.165) is 37.8 Å². The minimum Gasteiger partial charge on any atom is -0.329 e. The van der Waals surface area contributed by atoms with Crippen LogP contribution in [0.2, 0.25) is 0 Å². The van der Waals surface area contributed by atoms with E-state index in [4.69, 9.17) is 5.73 Å². The van der Waals surface area contributed by atoms with Crippen LogP contribution in [0, 0.1) is 23.7 Å². The number of allylic oxidation sites excluding steroid dienone is 7. The molecule has 3 rings (SSSR count). The van der Waals surface area contributed by atoms with Crippen molar-refractivity contribution in [3.8, 4) is 0 Å². The Morgan fingerprint density at radius 2 is 2.27 bits per heavy atom. The van der Waals surface area contributed by atoms with Gasteiger partial charge in [-0.2, -0.15) is 0 Å². The average Bonchev–Trinajstić information content (AvgIpc) is 2.99. The Bertz CT molecular complexity index is 688. The predicted molar refractivity (Wildman–Crippen MR) is 104 cm³/mol. The molecule has 1 amide bonds. The highest BCUT2D eigenvalue weighted by Crippen LogP contribution is 2.38. The van der Waals surface area contributed by atoms with Crippen LogP contribution >= 0.6 is 0 Å². The summed E-state index contributed by atoms with van der Waals surface area (Å²) in [5, 5.41) is 3.04. The second-order valence-electron chi connectivity index (χ2n) is 7.73. The van der Waals surface area contributed by atoms with Crippen LogP contribution in [-0.4, -0.2) is 11.9 Å². The lowest BCUT2D eigenvalue weighted by atomic mass is 9.76. The molecule has 0 aromatic rings. The van der Waals surface area contributed by atoms with Gasteiger partial charge in [-0.05, 0) is 61.7 Å². The molecule has 0 heterocycles. The summed E-state index contributed by atoms with van der Waals surface area (Å²) in [6, 6.07) is 0.224. The number of fused-ring (bicyclic) bond motifs is 1. The minimum absolute atomic E-state index is 0.0536. The van der Waals surface area contributed by atoms with Crippen molar-refractivity contribution in [3.63, 3.8) is 0 Å². The third kappa shape index (κ3) is 4.07. The van der Waals surface area contributed by atoms with Gasteiger partial charge in [0, 0.05) is 11.7 Å². The van der Waals surface area contributed by atoms with Crippen molar-refractivity contribution in [1.29, 1.82) is 0 Å². The lowest BCUT2D eigenvalue weighted by Gasteiger charge is -2.30. The molecule has 3 nitrogen and oxygen atoms in total. The van der Waals surface area contributed by atoms with Crippen LogP contribution in [0.1, 0.15) is 39.0 Å². The van der Waals surface area contributed by atoms with Gasteiger partial charge in [-0.1, -0.05) is 37.1 Å². The van der Waals surface area contributed by atoms with Gasteiger partial charge < -0.3 is 11.1 Å². The van der Waals surface area contributed by atoms with Crippen molar-refractivity contribution in [2.24, 2.45) is 29.4 Å². The van der Waals surface area contributed by atoms with Crippen LogP contribution < -0.4 is 11.1 Å². The molecule has 0 aliphatic heterocycles. The first-order chi connectivity index (χ1) is 12.5. The molecule has 26 heavy (non-hydrogen) atoms. The summed E-state index contributed by atoms with van der Waals surface area (Å²) in [4.78, 5) is 12.9. The summed E-state index contributed by atoms with van der Waals surface area (Å²) in [7, 11) is 0. The fraction of sp³-hybridized carbons (Fsp3) is 0.500. The standard InChI is InChI=1S/C22H29FN2O/c1-3-5-14(4-2)20-9-7-17(23)13-21(20)22(26)25-19-8-6-15-10-18(24)11-16(15)12-19/h4,6-9,13-14,16,18,20-21H,2-3,5,10-12,24H2,1H3,(H,25,26)/t14?,16-,18?,20?,21?/m0/s1. The van der Waals surface area contributed by atoms with Gasteiger partial charge in [0.1, 0.15) is 5.83 Å². The van der Waals surface area contributed by atoms with Crippen molar-refractivity contribution in [3.05, 3.63) is 60.1 Å². The van der Waals surface area contributed by atoms with Crippen molar-refractivity contribution in [2.45, 2.75) is 45.1 Å². The molecule has 3 aliphatic rings. The summed E-state index contributed by atoms with van der Waals surface area (Å²) in [5.74, 6) is -0.449. The number of nitrogens with one attached hydrogen (secondary N) is 1. The Morgan fingerprint density at radius 3 is 3.00 bits per heavy atom. The van der Waals surface area contributed by atoms with Crippen LogP contribution in [0.25, 0.3) is 0 Å². The SMILES string of the molecule is C=CC(CCC)C1C=CC(F)=CC1C(=O)NC1=CC=C2CC(N)C[C@H]2C1. The lowest BCUT2D eigenvalue weighted by molar-refractivity contribution is -0.124. The van der Waals surface area contributed by atoms with Crippen molar-refractivity contribution in [1.82, 2.24) is 5.32 Å². The molecular weight excluding hydrogens is 327 g/mol. The quantitative estimate of drug-likeness (QED) is 0.697. The van der Waals surface area contributed by atoms with E-state index in [9.17, 15) is 9.18 Å². The second-order valence-corrected chi connectivity index (χ2v) is 7.73.